The zero-order chi connectivity index (χ0) is 29.2. The lowest BCUT2D eigenvalue weighted by Crippen LogP contribution is -2.59. The number of hydrogen-bond donors (Lipinski definition) is 2. The molecular weight excluding hydrogens is 539 g/mol. The number of aliphatic hydroxyl groups is 1. The topological polar surface area (TPSA) is 121 Å². The second-order valence-corrected chi connectivity index (χ2v) is 10.7. The number of alkyl halides is 3. The summed E-state index contributed by atoms with van der Waals surface area (Å²) in [6, 6.07) is 11.8. The molecule has 12 heteroatoms. The van der Waals surface area contributed by atoms with E-state index in [0.29, 0.717) is 24.6 Å². The number of aliphatic carboxylic acids is 1. The molecular formula is C29H32F3N5O4. The van der Waals surface area contributed by atoms with Gasteiger partial charge in [0.05, 0.1) is 5.60 Å². The van der Waals surface area contributed by atoms with E-state index in [9.17, 15) is 23.1 Å². The van der Waals surface area contributed by atoms with Gasteiger partial charge in [-0.05, 0) is 50.2 Å². The van der Waals surface area contributed by atoms with Gasteiger partial charge in [0, 0.05) is 43.1 Å². The van der Waals surface area contributed by atoms with Crippen LogP contribution < -0.4 is 0 Å². The molecule has 1 amide bonds. The fourth-order valence-electron chi connectivity index (χ4n) is 6.46. The Bertz CT molecular complexity index is 1380. The van der Waals surface area contributed by atoms with Crippen LogP contribution in [0, 0.1) is 5.92 Å². The Morgan fingerprint density at radius 1 is 0.951 bits per heavy atom. The maximum Gasteiger partial charge on any atom is 0.490 e. The van der Waals surface area contributed by atoms with E-state index in [1.807, 2.05) is 35.2 Å². The first-order valence-electron chi connectivity index (χ1n) is 13.9. The highest BCUT2D eigenvalue weighted by Gasteiger charge is 2.51. The molecule has 3 atom stereocenters. The number of carboxylic acid groups (broad SMARTS) is 1. The number of carbonyl (C=O) groups is 2. The van der Waals surface area contributed by atoms with Gasteiger partial charge in [-0.3, -0.25) is 4.79 Å². The summed E-state index contributed by atoms with van der Waals surface area (Å²) in [4.78, 5) is 38.6. The minimum Gasteiger partial charge on any atom is -0.475 e. The molecule has 1 aromatic carbocycles. The van der Waals surface area contributed by atoms with Crippen molar-refractivity contribution < 1.29 is 33.0 Å². The van der Waals surface area contributed by atoms with Crippen molar-refractivity contribution in [3.05, 3.63) is 65.9 Å². The lowest BCUT2D eigenvalue weighted by Gasteiger charge is -2.52. The summed E-state index contributed by atoms with van der Waals surface area (Å²) in [5.74, 6) is -1.65. The molecule has 3 aliphatic rings. The van der Waals surface area contributed by atoms with E-state index in [4.69, 9.17) is 14.9 Å². The molecule has 2 aliphatic heterocycles. The number of likely N-dealkylation sites (tertiary alicyclic amines) is 1. The molecule has 41 heavy (non-hydrogen) atoms. The van der Waals surface area contributed by atoms with Crippen LogP contribution >= 0.6 is 0 Å². The largest absolute Gasteiger partial charge is 0.490 e. The van der Waals surface area contributed by atoms with Gasteiger partial charge >= 0.3 is 12.1 Å². The number of hydrogen-bond acceptors (Lipinski definition) is 6. The van der Waals surface area contributed by atoms with Gasteiger partial charge in [-0.25, -0.2) is 19.7 Å². The van der Waals surface area contributed by atoms with Gasteiger partial charge in [-0.1, -0.05) is 43.2 Å². The molecule has 1 unspecified atom stereocenters. The first-order chi connectivity index (χ1) is 19.6. The quantitative estimate of drug-likeness (QED) is 0.471. The number of halogens is 3. The number of nitrogens with zero attached hydrogens (tertiary/aromatic N) is 5. The molecule has 6 rings (SSSR count). The number of aromatic nitrogens is 4. The molecule has 4 heterocycles. The number of amides is 1. The van der Waals surface area contributed by atoms with Crippen molar-refractivity contribution in [1.82, 2.24) is 24.4 Å². The minimum atomic E-state index is -5.08. The second kappa shape index (κ2) is 11.6. The second-order valence-electron chi connectivity index (χ2n) is 10.7. The molecule has 1 saturated heterocycles. The van der Waals surface area contributed by atoms with Crippen molar-refractivity contribution in [2.45, 2.75) is 75.7 Å². The molecule has 1 saturated carbocycles. The Morgan fingerprint density at radius 3 is 2.32 bits per heavy atom. The Kier molecular flexibility index (Phi) is 8.12. The summed E-state index contributed by atoms with van der Waals surface area (Å²) in [5, 5.41) is 19.0. The number of carboxylic acids is 1. The number of rotatable bonds is 3. The normalized spacial score (nSPS) is 24.0. The van der Waals surface area contributed by atoms with Gasteiger partial charge in [0.1, 0.15) is 5.69 Å². The van der Waals surface area contributed by atoms with Crippen molar-refractivity contribution in [2.24, 2.45) is 5.92 Å². The smallest absolute Gasteiger partial charge is 0.475 e. The van der Waals surface area contributed by atoms with Crippen LogP contribution in [0.4, 0.5) is 13.2 Å². The van der Waals surface area contributed by atoms with Crippen molar-refractivity contribution in [1.29, 1.82) is 0 Å². The maximum atomic E-state index is 14.0. The van der Waals surface area contributed by atoms with E-state index in [1.54, 1.807) is 18.5 Å². The lowest BCUT2D eigenvalue weighted by atomic mass is 9.66. The van der Waals surface area contributed by atoms with E-state index < -0.39 is 17.7 Å². The zero-order valence-electron chi connectivity index (χ0n) is 22.4. The Balaban J connectivity index is 0.000000431. The molecule has 9 nitrogen and oxygen atoms in total. The SMILES string of the molecule is O=C(O)C(F)(F)F.O=C(c1nc(-c2ncccn2)c2n1CCCC2)N1CCC(O)(c2ccccc2)[C@H]2CCCC[C@H]21. The average Bonchev–Trinajstić information content (AvgIpc) is 3.38. The van der Waals surface area contributed by atoms with Crippen LogP contribution in [0.2, 0.25) is 0 Å². The van der Waals surface area contributed by atoms with E-state index in [-0.39, 0.29) is 17.9 Å². The fourth-order valence-corrected chi connectivity index (χ4v) is 6.46. The van der Waals surface area contributed by atoms with Crippen LogP contribution in [0.15, 0.2) is 48.8 Å². The summed E-state index contributed by atoms with van der Waals surface area (Å²) < 4.78 is 33.8. The predicted octanol–water partition coefficient (Wildman–Crippen LogP) is 4.60. The van der Waals surface area contributed by atoms with Crippen molar-refractivity contribution in [3.8, 4) is 11.5 Å². The monoisotopic (exact) mass is 571 g/mol. The van der Waals surface area contributed by atoms with Gasteiger partial charge in [0.25, 0.3) is 5.91 Å². The third kappa shape index (κ3) is 5.70. The average molecular weight is 572 g/mol. The Morgan fingerprint density at radius 2 is 1.63 bits per heavy atom. The first kappa shape index (κ1) is 28.7. The van der Waals surface area contributed by atoms with Crippen LogP contribution in [0.25, 0.3) is 11.5 Å². The van der Waals surface area contributed by atoms with Crippen LogP contribution in [-0.4, -0.2) is 65.3 Å². The standard InChI is InChI=1S/C27H31N5O2.C2HF3O2/c33-26(25-30-23(24-28-15-8-16-29-24)22-13-6-7-17-31(22)25)32-18-14-27(34,19-9-2-1-3-10-19)20-11-4-5-12-21(20)32;3-2(4,5)1(6)7/h1-3,8-10,15-16,20-21,34H,4-7,11-14,17-18H2;(H,6,7)/t20-,21+,27?;/m0./s1. The summed E-state index contributed by atoms with van der Waals surface area (Å²) in [7, 11) is 0. The van der Waals surface area contributed by atoms with Crippen LogP contribution in [0.3, 0.4) is 0 Å². The van der Waals surface area contributed by atoms with E-state index in [1.165, 1.54) is 0 Å². The fraction of sp³-hybridized carbons (Fsp3) is 0.483. The van der Waals surface area contributed by atoms with Crippen LogP contribution in [0.5, 0.6) is 0 Å². The van der Waals surface area contributed by atoms with Crippen molar-refractivity contribution in [3.63, 3.8) is 0 Å². The van der Waals surface area contributed by atoms with Gasteiger partial charge < -0.3 is 19.7 Å². The summed E-state index contributed by atoms with van der Waals surface area (Å²) in [5.41, 5.74) is 1.89. The third-order valence-electron chi connectivity index (χ3n) is 8.34. The lowest BCUT2D eigenvalue weighted by molar-refractivity contribution is -0.192. The zero-order valence-corrected chi connectivity index (χ0v) is 22.4. The number of benzene rings is 1. The van der Waals surface area contributed by atoms with E-state index in [0.717, 1.165) is 68.4 Å². The van der Waals surface area contributed by atoms with Crippen LogP contribution in [0.1, 0.15) is 66.8 Å². The molecule has 2 N–H and O–H groups in total. The number of fused-ring (bicyclic) bond motifs is 2. The molecule has 2 fully saturated rings. The predicted molar refractivity (Wildman–Crippen MR) is 142 cm³/mol. The molecule has 1 aliphatic carbocycles. The molecule has 0 bridgehead atoms. The number of imidazole rings is 1. The third-order valence-corrected chi connectivity index (χ3v) is 8.34. The van der Waals surface area contributed by atoms with Crippen molar-refractivity contribution in [2.75, 3.05) is 6.54 Å². The van der Waals surface area contributed by atoms with Crippen LogP contribution in [-0.2, 0) is 23.4 Å². The Labute approximate surface area is 235 Å². The van der Waals surface area contributed by atoms with Gasteiger partial charge in [-0.2, -0.15) is 13.2 Å². The number of carbonyl (C=O) groups excluding carboxylic acids is 1. The van der Waals surface area contributed by atoms with Crippen molar-refractivity contribution >= 4 is 11.9 Å². The molecule has 3 aromatic rings. The molecule has 0 spiro atoms. The number of piperidine rings is 1. The van der Waals surface area contributed by atoms with E-state index in [2.05, 4.69) is 14.5 Å². The highest BCUT2D eigenvalue weighted by molar-refractivity contribution is 5.92. The molecule has 218 valence electrons. The summed E-state index contributed by atoms with van der Waals surface area (Å²) >= 11 is 0. The van der Waals surface area contributed by atoms with E-state index >= 15 is 0 Å². The first-order valence-corrected chi connectivity index (χ1v) is 13.9. The minimum absolute atomic E-state index is 0.0163. The summed E-state index contributed by atoms with van der Waals surface area (Å²) in [6.07, 6.45) is 5.94. The highest BCUT2D eigenvalue weighted by Crippen LogP contribution is 2.47. The van der Waals surface area contributed by atoms with Gasteiger partial charge in [0.15, 0.2) is 11.6 Å². The maximum absolute atomic E-state index is 14.0. The molecule has 0 radical (unpaired) electrons. The van der Waals surface area contributed by atoms with Gasteiger partial charge in [0.2, 0.25) is 0 Å². The Hall–Kier alpha value is -3.80. The summed E-state index contributed by atoms with van der Waals surface area (Å²) in [6.45, 7) is 1.33. The highest BCUT2D eigenvalue weighted by atomic mass is 19.4. The van der Waals surface area contributed by atoms with Gasteiger partial charge in [-0.15, -0.1) is 0 Å². The molecule has 2 aromatic heterocycles.